The van der Waals surface area contributed by atoms with Gasteiger partial charge in [-0.25, -0.2) is 4.39 Å². The molecule has 1 aliphatic heterocycles. The minimum absolute atomic E-state index is 0.138. The highest BCUT2D eigenvalue weighted by Crippen LogP contribution is 2.29. The van der Waals surface area contributed by atoms with Crippen LogP contribution in [-0.4, -0.2) is 35.8 Å². The first-order valence-corrected chi connectivity index (χ1v) is 7.49. The number of hydrogen-bond acceptors (Lipinski definition) is 2. The number of carbonyl (C=O) groups excluding carboxylic acids is 2. The first-order chi connectivity index (χ1) is 10.1. The quantitative estimate of drug-likeness (QED) is 0.925. The van der Waals surface area contributed by atoms with Crippen LogP contribution in [0.1, 0.15) is 36.0 Å². The second-order valence-corrected chi connectivity index (χ2v) is 5.86. The molecular weight excluding hydrogens is 271 g/mol. The van der Waals surface area contributed by atoms with Crippen LogP contribution in [0.4, 0.5) is 4.39 Å². The summed E-state index contributed by atoms with van der Waals surface area (Å²) in [4.78, 5) is 25.7. The van der Waals surface area contributed by atoms with Crippen molar-refractivity contribution in [2.24, 2.45) is 5.92 Å². The van der Waals surface area contributed by atoms with Crippen LogP contribution in [0.2, 0.25) is 0 Å². The van der Waals surface area contributed by atoms with Crippen LogP contribution in [-0.2, 0) is 4.79 Å². The highest BCUT2D eigenvalue weighted by Gasteiger charge is 2.32. The second-order valence-electron chi connectivity index (χ2n) is 5.86. The lowest BCUT2D eigenvalue weighted by Gasteiger charge is -2.32. The van der Waals surface area contributed by atoms with Gasteiger partial charge in [0.15, 0.2) is 0 Å². The van der Waals surface area contributed by atoms with Crippen LogP contribution in [0.25, 0.3) is 0 Å². The SMILES string of the molecule is O=C(NC1CCN(C(=O)c2cccc(F)c2)CC1)C1CC1. The number of amides is 2. The van der Waals surface area contributed by atoms with Crippen LogP contribution in [0.5, 0.6) is 0 Å². The summed E-state index contributed by atoms with van der Waals surface area (Å²) in [5, 5.41) is 3.05. The summed E-state index contributed by atoms with van der Waals surface area (Å²) in [6, 6.07) is 5.94. The minimum atomic E-state index is -0.396. The molecule has 0 bridgehead atoms. The normalized spacial score (nSPS) is 19.4. The number of benzene rings is 1. The highest BCUT2D eigenvalue weighted by molar-refractivity contribution is 5.94. The molecule has 1 N–H and O–H groups in total. The lowest BCUT2D eigenvalue weighted by molar-refractivity contribution is -0.123. The zero-order chi connectivity index (χ0) is 14.8. The van der Waals surface area contributed by atoms with E-state index in [2.05, 4.69) is 5.32 Å². The molecule has 2 fully saturated rings. The third-order valence-electron chi connectivity index (χ3n) is 4.15. The molecule has 0 atom stereocenters. The summed E-state index contributed by atoms with van der Waals surface area (Å²) in [7, 11) is 0. The van der Waals surface area contributed by atoms with Gasteiger partial charge < -0.3 is 10.2 Å². The fourth-order valence-corrected chi connectivity index (χ4v) is 2.70. The van der Waals surface area contributed by atoms with Crippen LogP contribution in [0.3, 0.4) is 0 Å². The molecule has 0 radical (unpaired) electrons. The van der Waals surface area contributed by atoms with Crippen molar-refractivity contribution in [3.05, 3.63) is 35.6 Å². The Balaban J connectivity index is 1.53. The molecule has 1 aromatic carbocycles. The van der Waals surface area contributed by atoms with Crippen molar-refractivity contribution in [1.82, 2.24) is 10.2 Å². The Kier molecular flexibility index (Phi) is 3.90. The molecule has 2 amide bonds. The zero-order valence-electron chi connectivity index (χ0n) is 11.8. The van der Waals surface area contributed by atoms with Gasteiger partial charge in [-0.1, -0.05) is 6.07 Å². The van der Waals surface area contributed by atoms with Gasteiger partial charge in [-0.05, 0) is 43.9 Å². The fourth-order valence-electron chi connectivity index (χ4n) is 2.70. The van der Waals surface area contributed by atoms with Crippen LogP contribution < -0.4 is 5.32 Å². The van der Waals surface area contributed by atoms with Gasteiger partial charge in [0.25, 0.3) is 5.91 Å². The smallest absolute Gasteiger partial charge is 0.253 e. The number of piperidine rings is 1. The van der Waals surface area contributed by atoms with Gasteiger partial charge in [0, 0.05) is 30.6 Å². The van der Waals surface area contributed by atoms with E-state index in [4.69, 9.17) is 0 Å². The summed E-state index contributed by atoms with van der Waals surface area (Å²) in [6.07, 6.45) is 3.53. The molecule has 0 aromatic heterocycles. The van der Waals surface area contributed by atoms with E-state index in [-0.39, 0.29) is 23.8 Å². The number of rotatable bonds is 3. The summed E-state index contributed by atoms with van der Waals surface area (Å²) < 4.78 is 13.2. The predicted molar refractivity (Wildman–Crippen MR) is 76.2 cm³/mol. The van der Waals surface area contributed by atoms with E-state index >= 15 is 0 Å². The maximum absolute atomic E-state index is 13.2. The molecule has 3 rings (SSSR count). The van der Waals surface area contributed by atoms with E-state index in [0.717, 1.165) is 25.7 Å². The molecule has 1 aliphatic carbocycles. The molecule has 21 heavy (non-hydrogen) atoms. The van der Waals surface area contributed by atoms with Crippen LogP contribution >= 0.6 is 0 Å². The van der Waals surface area contributed by atoms with Crippen LogP contribution in [0.15, 0.2) is 24.3 Å². The molecule has 4 nitrogen and oxygen atoms in total. The molecule has 1 aromatic rings. The van der Waals surface area contributed by atoms with Crippen molar-refractivity contribution in [3.63, 3.8) is 0 Å². The average Bonchev–Trinajstić information content (AvgIpc) is 3.32. The zero-order valence-corrected chi connectivity index (χ0v) is 11.8. The molecular formula is C16H19FN2O2. The maximum atomic E-state index is 13.2. The first kappa shape index (κ1) is 14.0. The van der Waals surface area contributed by atoms with E-state index < -0.39 is 5.82 Å². The Labute approximate surface area is 123 Å². The lowest BCUT2D eigenvalue weighted by Crippen LogP contribution is -2.46. The second kappa shape index (κ2) is 5.84. The number of carbonyl (C=O) groups is 2. The number of nitrogens with one attached hydrogen (secondary N) is 1. The summed E-state index contributed by atoms with van der Waals surface area (Å²) in [5.41, 5.74) is 0.385. The summed E-state index contributed by atoms with van der Waals surface area (Å²) in [6.45, 7) is 1.20. The van der Waals surface area contributed by atoms with Gasteiger partial charge in [0.2, 0.25) is 5.91 Å². The van der Waals surface area contributed by atoms with Crippen molar-refractivity contribution in [2.75, 3.05) is 13.1 Å². The summed E-state index contributed by atoms with van der Waals surface area (Å²) in [5.74, 6) is -0.157. The van der Waals surface area contributed by atoms with Gasteiger partial charge >= 0.3 is 0 Å². The fraction of sp³-hybridized carbons (Fsp3) is 0.500. The average molecular weight is 290 g/mol. The van der Waals surface area contributed by atoms with Crippen molar-refractivity contribution in [3.8, 4) is 0 Å². The molecule has 1 heterocycles. The monoisotopic (exact) mass is 290 g/mol. The first-order valence-electron chi connectivity index (χ1n) is 7.49. The lowest BCUT2D eigenvalue weighted by atomic mass is 10.0. The predicted octanol–water partition coefficient (Wildman–Crippen LogP) is 1.96. The molecule has 112 valence electrons. The van der Waals surface area contributed by atoms with E-state index in [0.29, 0.717) is 18.7 Å². The van der Waals surface area contributed by atoms with Crippen molar-refractivity contribution >= 4 is 11.8 Å². The standard InChI is InChI=1S/C16H19FN2O2/c17-13-3-1-2-12(10-13)16(21)19-8-6-14(7-9-19)18-15(20)11-4-5-11/h1-3,10-11,14H,4-9H2,(H,18,20). The number of nitrogens with zero attached hydrogens (tertiary/aromatic N) is 1. The third kappa shape index (κ3) is 3.40. The molecule has 5 heteroatoms. The Morgan fingerprint density at radius 2 is 1.86 bits per heavy atom. The van der Waals surface area contributed by atoms with Gasteiger partial charge in [-0.15, -0.1) is 0 Å². The summed E-state index contributed by atoms with van der Waals surface area (Å²) >= 11 is 0. The van der Waals surface area contributed by atoms with E-state index in [1.54, 1.807) is 17.0 Å². The van der Waals surface area contributed by atoms with E-state index in [9.17, 15) is 14.0 Å². The Hall–Kier alpha value is -1.91. The van der Waals surface area contributed by atoms with Crippen molar-refractivity contribution in [1.29, 1.82) is 0 Å². The Morgan fingerprint density at radius 3 is 2.48 bits per heavy atom. The van der Waals surface area contributed by atoms with E-state index in [1.807, 2.05) is 0 Å². The van der Waals surface area contributed by atoms with E-state index in [1.165, 1.54) is 12.1 Å². The van der Waals surface area contributed by atoms with Crippen molar-refractivity contribution < 1.29 is 14.0 Å². The van der Waals surface area contributed by atoms with Gasteiger partial charge in [-0.2, -0.15) is 0 Å². The van der Waals surface area contributed by atoms with Gasteiger partial charge in [-0.3, -0.25) is 9.59 Å². The highest BCUT2D eigenvalue weighted by atomic mass is 19.1. The van der Waals surface area contributed by atoms with Gasteiger partial charge in [0.1, 0.15) is 5.82 Å². The van der Waals surface area contributed by atoms with Crippen molar-refractivity contribution in [2.45, 2.75) is 31.7 Å². The molecule has 2 aliphatic rings. The Bertz CT molecular complexity index is 549. The molecule has 0 spiro atoms. The molecule has 0 unspecified atom stereocenters. The largest absolute Gasteiger partial charge is 0.353 e. The maximum Gasteiger partial charge on any atom is 0.253 e. The minimum Gasteiger partial charge on any atom is -0.353 e. The number of hydrogen-bond donors (Lipinski definition) is 1. The third-order valence-corrected chi connectivity index (χ3v) is 4.15. The number of halogens is 1. The Morgan fingerprint density at radius 1 is 1.14 bits per heavy atom. The van der Waals surface area contributed by atoms with Crippen LogP contribution in [0, 0.1) is 11.7 Å². The van der Waals surface area contributed by atoms with Gasteiger partial charge in [0.05, 0.1) is 0 Å². The topological polar surface area (TPSA) is 49.4 Å². The molecule has 1 saturated heterocycles. The molecule has 1 saturated carbocycles. The number of likely N-dealkylation sites (tertiary alicyclic amines) is 1.